The van der Waals surface area contributed by atoms with Crippen LogP contribution in [-0.2, 0) is 11.2 Å². The number of nitrogens with two attached hydrogens (primary N) is 1. The van der Waals surface area contributed by atoms with Crippen molar-refractivity contribution in [2.75, 3.05) is 36.9 Å². The Bertz CT molecular complexity index is 1350. The maximum Gasteiger partial charge on any atom is 0.319 e. The molecular weight excluding hydrogens is 444 g/mol. The third kappa shape index (κ3) is 4.53. The number of phenolic OH excluding ortho intramolecular Hbond substituents is 1. The minimum atomic E-state index is -0.309. The second-order valence-corrected chi connectivity index (χ2v) is 8.37. The first-order chi connectivity index (χ1) is 17.0. The highest BCUT2D eigenvalue weighted by atomic mass is 16.5. The Morgan fingerprint density at radius 2 is 1.63 bits per heavy atom. The zero-order valence-corrected chi connectivity index (χ0v) is 19.1. The van der Waals surface area contributed by atoms with Gasteiger partial charge in [-0.05, 0) is 35.9 Å². The number of aromatic hydroxyl groups is 2. The summed E-state index contributed by atoms with van der Waals surface area (Å²) in [6.07, 6.45) is 0.385. The van der Waals surface area contributed by atoms with E-state index in [-0.39, 0.29) is 23.3 Å². The number of phenols is 1. The maximum atomic E-state index is 10.7. The number of hydrogen-bond donors (Lipinski definition) is 4. The van der Waals surface area contributed by atoms with E-state index in [1.165, 1.54) is 10.6 Å². The van der Waals surface area contributed by atoms with Gasteiger partial charge in [-0.2, -0.15) is 0 Å². The molecule has 1 aromatic heterocycles. The van der Waals surface area contributed by atoms with Crippen LogP contribution in [0.15, 0.2) is 66.7 Å². The molecule has 0 amide bonds. The van der Waals surface area contributed by atoms with Crippen molar-refractivity contribution >= 4 is 17.1 Å². The van der Waals surface area contributed by atoms with Crippen LogP contribution in [0.4, 0.5) is 11.4 Å². The molecule has 1 fully saturated rings. The fourth-order valence-corrected chi connectivity index (χ4v) is 4.26. The van der Waals surface area contributed by atoms with E-state index < -0.39 is 0 Å². The molecule has 9 heteroatoms. The van der Waals surface area contributed by atoms with Crippen molar-refractivity contribution in [2.45, 2.75) is 6.42 Å². The third-order valence-electron chi connectivity index (χ3n) is 6.09. The van der Waals surface area contributed by atoms with Crippen LogP contribution in [0.1, 0.15) is 11.1 Å². The molecule has 5 rings (SSSR count). The number of aromatic nitrogens is 3. The van der Waals surface area contributed by atoms with Gasteiger partial charge in [0.2, 0.25) is 0 Å². The molecule has 2 heterocycles. The fourth-order valence-electron chi connectivity index (χ4n) is 4.26. The van der Waals surface area contributed by atoms with Gasteiger partial charge in [0, 0.05) is 48.2 Å². The van der Waals surface area contributed by atoms with E-state index in [1.54, 1.807) is 6.07 Å². The van der Waals surface area contributed by atoms with Crippen molar-refractivity contribution in [1.82, 2.24) is 14.8 Å². The number of nitrogen functional groups attached to an aromatic ring is 1. The van der Waals surface area contributed by atoms with Crippen LogP contribution < -0.4 is 10.6 Å². The van der Waals surface area contributed by atoms with Gasteiger partial charge in [0.05, 0.1) is 24.5 Å². The smallest absolute Gasteiger partial charge is 0.319 e. The van der Waals surface area contributed by atoms with Crippen molar-refractivity contribution in [3.63, 3.8) is 0 Å². The Morgan fingerprint density at radius 3 is 2.34 bits per heavy atom. The van der Waals surface area contributed by atoms with E-state index in [0.717, 1.165) is 24.3 Å². The zero-order valence-electron chi connectivity index (χ0n) is 19.1. The van der Waals surface area contributed by atoms with Crippen LogP contribution in [0.2, 0.25) is 0 Å². The average molecular weight is 471 g/mol. The van der Waals surface area contributed by atoms with E-state index in [1.807, 2.05) is 54.6 Å². The van der Waals surface area contributed by atoms with E-state index in [4.69, 9.17) is 15.9 Å². The Kier molecular flexibility index (Phi) is 6.07. The monoisotopic (exact) mass is 470 g/mol. The van der Waals surface area contributed by atoms with Crippen molar-refractivity contribution in [3.8, 4) is 28.8 Å². The lowest BCUT2D eigenvalue weighted by Crippen LogP contribution is -2.36. The highest BCUT2D eigenvalue weighted by molar-refractivity contribution is 6.05. The molecule has 0 unspecified atom stereocenters. The lowest BCUT2D eigenvalue weighted by Gasteiger charge is -2.29. The molecule has 0 radical (unpaired) electrons. The number of ether oxygens (including phenoxy) is 1. The van der Waals surface area contributed by atoms with Crippen LogP contribution in [-0.4, -0.2) is 57.0 Å². The summed E-state index contributed by atoms with van der Waals surface area (Å²) in [5, 5.41) is 37.8. The van der Waals surface area contributed by atoms with Gasteiger partial charge in [-0.15, -0.1) is 5.10 Å². The average Bonchev–Trinajstić information content (AvgIpc) is 3.26. The number of nitrogens with zero attached hydrogens (tertiary/aromatic N) is 4. The summed E-state index contributed by atoms with van der Waals surface area (Å²) >= 11 is 0. The normalized spacial score (nSPS) is 13.7. The number of nitrogens with one attached hydrogen (secondary N) is 1. The number of rotatable bonds is 6. The van der Waals surface area contributed by atoms with Crippen LogP contribution in [0, 0.1) is 5.41 Å². The third-order valence-corrected chi connectivity index (χ3v) is 6.09. The quantitative estimate of drug-likeness (QED) is 0.251. The lowest BCUT2D eigenvalue weighted by atomic mass is 9.98. The molecule has 3 aromatic carbocycles. The molecule has 9 nitrogen and oxygen atoms in total. The summed E-state index contributed by atoms with van der Waals surface area (Å²) < 4.78 is 6.88. The van der Waals surface area contributed by atoms with Gasteiger partial charge in [0.1, 0.15) is 5.75 Å². The predicted octanol–water partition coefficient (Wildman–Crippen LogP) is 3.37. The lowest BCUT2D eigenvalue weighted by molar-refractivity contribution is 0.122. The fraction of sp³-hybridized carbons (Fsp3) is 0.192. The Hall–Kier alpha value is -4.37. The molecule has 5 N–H and O–H groups in total. The van der Waals surface area contributed by atoms with E-state index in [2.05, 4.69) is 15.1 Å². The molecule has 4 aromatic rings. The Morgan fingerprint density at radius 1 is 0.943 bits per heavy atom. The van der Waals surface area contributed by atoms with Crippen LogP contribution in [0.5, 0.6) is 11.8 Å². The molecule has 35 heavy (non-hydrogen) atoms. The number of hydrogen-bond acceptors (Lipinski definition) is 8. The van der Waals surface area contributed by atoms with Crippen molar-refractivity contribution < 1.29 is 14.9 Å². The molecule has 1 aliphatic heterocycles. The maximum absolute atomic E-state index is 10.7. The van der Waals surface area contributed by atoms with Gasteiger partial charge in [0.15, 0.2) is 5.82 Å². The Balaban J connectivity index is 1.49. The molecule has 1 aliphatic rings. The summed E-state index contributed by atoms with van der Waals surface area (Å²) in [5.74, 6) is 0.130. The van der Waals surface area contributed by atoms with Gasteiger partial charge >= 0.3 is 6.01 Å². The van der Waals surface area contributed by atoms with E-state index in [0.29, 0.717) is 42.2 Å². The first-order valence-electron chi connectivity index (χ1n) is 11.3. The summed E-state index contributed by atoms with van der Waals surface area (Å²) in [7, 11) is 0. The van der Waals surface area contributed by atoms with Gasteiger partial charge in [-0.25, -0.2) is 4.57 Å². The first kappa shape index (κ1) is 22.4. The Labute approximate surface area is 202 Å². The second kappa shape index (κ2) is 9.47. The SMILES string of the molecule is N=C(Cc1ccccc1)c1cc(-c2nnc(O)n2-c2ccc(N3CCOCC3)cc2)c(O)cc1N. The molecule has 0 bridgehead atoms. The van der Waals surface area contributed by atoms with Gasteiger partial charge in [-0.1, -0.05) is 35.4 Å². The van der Waals surface area contributed by atoms with Gasteiger partial charge in [0.25, 0.3) is 0 Å². The molecule has 1 saturated heterocycles. The number of benzene rings is 3. The molecule has 0 spiro atoms. The molecule has 0 saturated carbocycles. The number of anilines is 2. The molecule has 0 atom stereocenters. The highest BCUT2D eigenvalue weighted by Crippen LogP contribution is 2.36. The molecule has 178 valence electrons. The van der Waals surface area contributed by atoms with Crippen molar-refractivity contribution in [3.05, 3.63) is 77.9 Å². The van der Waals surface area contributed by atoms with Crippen molar-refractivity contribution in [1.29, 1.82) is 5.41 Å². The highest BCUT2D eigenvalue weighted by Gasteiger charge is 2.21. The zero-order chi connectivity index (χ0) is 24.4. The topological polar surface area (TPSA) is 134 Å². The predicted molar refractivity (Wildman–Crippen MR) is 135 cm³/mol. The summed E-state index contributed by atoms with van der Waals surface area (Å²) in [4.78, 5) is 2.23. The molecule has 0 aliphatic carbocycles. The van der Waals surface area contributed by atoms with Gasteiger partial charge < -0.3 is 31.0 Å². The van der Waals surface area contributed by atoms with Gasteiger partial charge in [-0.3, -0.25) is 0 Å². The minimum Gasteiger partial charge on any atom is -0.507 e. The summed E-state index contributed by atoms with van der Waals surface area (Å²) in [5.41, 5.74) is 10.2. The number of morpholine rings is 1. The van der Waals surface area contributed by atoms with Crippen LogP contribution >= 0.6 is 0 Å². The standard InChI is InChI=1S/C26H26N6O3/c27-22(14-17-4-2-1-3-5-17)20-15-21(24(33)16-23(20)28)25-29-30-26(34)32(25)19-8-6-18(7-9-19)31-10-12-35-13-11-31/h1-9,15-16,27,33H,10-14,28H2,(H,30,34). The first-order valence-corrected chi connectivity index (χ1v) is 11.3. The largest absolute Gasteiger partial charge is 0.507 e. The van der Waals surface area contributed by atoms with Crippen LogP contribution in [0.3, 0.4) is 0 Å². The second-order valence-electron chi connectivity index (χ2n) is 8.37. The van der Waals surface area contributed by atoms with Crippen molar-refractivity contribution in [2.24, 2.45) is 0 Å². The minimum absolute atomic E-state index is 0.114. The summed E-state index contributed by atoms with van der Waals surface area (Å²) in [6.45, 7) is 3.02. The molecular formula is C26H26N6O3. The van der Waals surface area contributed by atoms with E-state index in [9.17, 15) is 10.2 Å². The van der Waals surface area contributed by atoms with Crippen LogP contribution in [0.25, 0.3) is 17.1 Å². The van der Waals surface area contributed by atoms with E-state index >= 15 is 0 Å². The summed E-state index contributed by atoms with van der Waals surface area (Å²) in [6, 6.07) is 20.0.